The molecule has 10 rings (SSSR count). The lowest BCUT2D eigenvalue weighted by Gasteiger charge is -2.39. The molecule has 0 saturated carbocycles. The van der Waals surface area contributed by atoms with E-state index in [4.69, 9.17) is 24.3 Å². The van der Waals surface area contributed by atoms with Gasteiger partial charge in [-0.1, -0.05) is 209 Å². The van der Waals surface area contributed by atoms with Crippen LogP contribution in [0.1, 0.15) is 92.1 Å². The fraction of sp³-hybridized carbons (Fsp3) is 0.274. The number of nitrogens with one attached hydrogen (secondary N) is 3. The van der Waals surface area contributed by atoms with Crippen LogP contribution in [0.3, 0.4) is 0 Å². The van der Waals surface area contributed by atoms with Crippen molar-refractivity contribution in [1.82, 2.24) is 30.1 Å². The molecule has 0 bridgehead atoms. The number of carbonyl (C=O) groups is 4. The van der Waals surface area contributed by atoms with Crippen LogP contribution in [0, 0.1) is 0 Å². The molecule has 4 amide bonds. The Morgan fingerprint density at radius 2 is 1.23 bits per heavy atom. The topological polar surface area (TPSA) is 183 Å². The molecule has 1 aliphatic rings. The minimum Gasteiger partial charge on any atom is -0.541 e. The molecule has 0 fully saturated rings. The second-order valence-corrected chi connectivity index (χ2v) is 36.5. The third kappa shape index (κ3) is 13.5. The van der Waals surface area contributed by atoms with Crippen molar-refractivity contribution in [3.8, 4) is 22.6 Å². The molecule has 2 atom stereocenters. The van der Waals surface area contributed by atoms with Crippen molar-refractivity contribution in [3.63, 3.8) is 0 Å². The summed E-state index contributed by atoms with van der Waals surface area (Å²) >= 11 is 3.54. The van der Waals surface area contributed by atoms with Crippen LogP contribution in [0.25, 0.3) is 28.1 Å². The van der Waals surface area contributed by atoms with E-state index in [0.717, 1.165) is 59.9 Å². The number of carbonyl (C=O) groups excluding carboxylic acids is 4. The normalized spacial score (nSPS) is 13.5. The Morgan fingerprint density at radius 3 is 1.80 bits per heavy atom. The van der Waals surface area contributed by atoms with Crippen molar-refractivity contribution < 1.29 is 32.8 Å². The first-order chi connectivity index (χ1) is 42.9. The quantitative estimate of drug-likeness (QED) is 0.0399. The van der Waals surface area contributed by atoms with E-state index in [0.29, 0.717) is 27.7 Å². The molecule has 0 unspecified atom stereocenters. The molecule has 2 aromatic heterocycles. The van der Waals surface area contributed by atoms with E-state index in [-0.39, 0.29) is 35.4 Å². The van der Waals surface area contributed by atoms with E-state index >= 15 is 14.4 Å². The van der Waals surface area contributed by atoms with Gasteiger partial charge in [-0.05, 0) is 124 Å². The van der Waals surface area contributed by atoms with Crippen LogP contribution >= 0.6 is 15.9 Å². The molecular weight excluding hydrogens is 1220 g/mol. The zero-order valence-electron chi connectivity index (χ0n) is 52.8. The van der Waals surface area contributed by atoms with E-state index in [9.17, 15) is 4.79 Å². The van der Waals surface area contributed by atoms with Crippen molar-refractivity contribution in [2.45, 2.75) is 114 Å². The molecule has 0 radical (unpaired) electrons. The highest BCUT2D eigenvalue weighted by atomic mass is 79.9. The summed E-state index contributed by atoms with van der Waals surface area (Å²) in [6.45, 7) is 21.1. The molecule has 0 spiro atoms. The number of aromatic nitrogens is 3. The molecule has 14 nitrogen and oxygen atoms in total. The van der Waals surface area contributed by atoms with Crippen LogP contribution in [0.2, 0.25) is 36.3 Å². The maximum atomic E-state index is 16.1. The molecule has 9 aromatic rings. The SMILES string of the molecule is CC(C)(C)[Si](C)(C)Oc1ccc(C[C@H](N)C(=O)N(C(=O)CN/C=C\c2c[nH]c3cc(Br)ccc23)C(=O)[C@H](Cc2cncn2C(c2ccccc2)(c2ccccc2)c2ccccc2)NC(=O)OCC2c3ccccc3-c3ccccc32)cc1O[Si](C)(C)C(C)(C)C. The van der Waals surface area contributed by atoms with Crippen molar-refractivity contribution in [2.24, 2.45) is 5.73 Å². The second kappa shape index (κ2) is 26.5. The average Bonchev–Trinajstić information content (AvgIpc) is 1.15. The first kappa shape index (κ1) is 64.4. The van der Waals surface area contributed by atoms with Crippen molar-refractivity contribution in [2.75, 3.05) is 13.2 Å². The lowest BCUT2D eigenvalue weighted by molar-refractivity contribution is -0.155. The van der Waals surface area contributed by atoms with Gasteiger partial charge in [0.15, 0.2) is 0 Å². The molecule has 5 N–H and O–H groups in total. The third-order valence-electron chi connectivity index (χ3n) is 18.1. The summed E-state index contributed by atoms with van der Waals surface area (Å²) < 4.78 is 23.0. The summed E-state index contributed by atoms with van der Waals surface area (Å²) in [6.07, 6.45) is 7.27. The van der Waals surface area contributed by atoms with Gasteiger partial charge in [0, 0.05) is 51.4 Å². The molecule has 90 heavy (non-hydrogen) atoms. The van der Waals surface area contributed by atoms with Crippen molar-refractivity contribution in [3.05, 3.63) is 250 Å². The minimum atomic E-state index is -2.48. The zero-order chi connectivity index (χ0) is 64.2. The molecule has 0 saturated heterocycles. The molecule has 464 valence electrons. The van der Waals surface area contributed by atoms with Gasteiger partial charge in [-0.25, -0.2) is 14.7 Å². The second-order valence-electron chi connectivity index (χ2n) is 26.2. The van der Waals surface area contributed by atoms with E-state index in [2.05, 4.69) is 99.3 Å². The fourth-order valence-electron chi connectivity index (χ4n) is 11.3. The van der Waals surface area contributed by atoms with Crippen LogP contribution in [0.15, 0.2) is 205 Å². The van der Waals surface area contributed by atoms with Gasteiger partial charge in [0.2, 0.25) is 0 Å². The number of halogens is 1. The number of aromatic amines is 1. The molecule has 0 aliphatic heterocycles. The van der Waals surface area contributed by atoms with Gasteiger partial charge < -0.3 is 39.5 Å². The predicted molar refractivity (Wildman–Crippen MR) is 366 cm³/mol. The van der Waals surface area contributed by atoms with Crippen molar-refractivity contribution in [1.29, 1.82) is 0 Å². The first-order valence-corrected chi connectivity index (χ1v) is 37.1. The highest BCUT2D eigenvalue weighted by Crippen LogP contribution is 2.47. The van der Waals surface area contributed by atoms with Crippen molar-refractivity contribution >= 4 is 73.4 Å². The number of nitrogens with zero attached hydrogens (tertiary/aromatic N) is 3. The number of rotatable bonds is 21. The standard InChI is InChI=1S/C73H80BrN7O7Si2/c1-71(2,3)89(7,8)87-65-37-34-49(41-66(65)88-90(9,10)72(4,5)6)40-62(75)68(83)81(67(82)46-76-39-38-50-44-78-63-42-54(74)35-36-56(50)63)69(84)64(79-70(85)86-47-61-59-32-22-20-30-57(59)58-31-21-23-33-60(58)61)43-55-45-77-48-80(55)73(51-24-14-11-15-25-51,52-26-16-12-17-27-52)53-28-18-13-19-29-53/h11-39,41-42,44-45,48,61-62,64,76,78H,40,43,46-47,75H2,1-10H3,(H,79,85)/b39-38-/t62-,64-/m0/s1. The van der Waals surface area contributed by atoms with E-state index < -0.39 is 64.6 Å². The summed E-state index contributed by atoms with van der Waals surface area (Å²) in [7, 11) is -4.87. The van der Waals surface area contributed by atoms with Crippen LogP contribution in [-0.4, -0.2) is 85.1 Å². The number of imidazole rings is 1. The number of ether oxygens (including phenoxy) is 1. The molecule has 2 heterocycles. The highest BCUT2D eigenvalue weighted by Gasteiger charge is 2.45. The van der Waals surface area contributed by atoms with E-state index in [1.807, 2.05) is 187 Å². The van der Waals surface area contributed by atoms with Gasteiger partial charge in [-0.15, -0.1) is 0 Å². The van der Waals surface area contributed by atoms with Crippen LogP contribution in [0.5, 0.6) is 11.5 Å². The average molecular weight is 1300 g/mol. The molecule has 7 aromatic carbocycles. The number of hydrogen-bond donors (Lipinski definition) is 4. The van der Waals surface area contributed by atoms with Gasteiger partial charge in [0.1, 0.15) is 29.7 Å². The smallest absolute Gasteiger partial charge is 0.407 e. The van der Waals surface area contributed by atoms with Gasteiger partial charge in [0.05, 0.1) is 18.9 Å². The minimum absolute atomic E-state index is 0.0743. The molecule has 1 aliphatic carbocycles. The number of alkyl carbamates (subject to hydrolysis) is 1. The van der Waals surface area contributed by atoms with Gasteiger partial charge in [-0.3, -0.25) is 14.4 Å². The summed E-state index contributed by atoms with van der Waals surface area (Å²) in [4.78, 5) is 70.2. The van der Waals surface area contributed by atoms with E-state index in [1.165, 1.54) is 0 Å². The van der Waals surface area contributed by atoms with Gasteiger partial charge >= 0.3 is 6.09 Å². The molecule has 17 heteroatoms. The monoisotopic (exact) mass is 1300 g/mol. The maximum absolute atomic E-state index is 16.1. The number of amides is 4. The molecular formula is C73H80BrN7O7Si2. The highest BCUT2D eigenvalue weighted by molar-refractivity contribution is 9.10. The zero-order valence-corrected chi connectivity index (χ0v) is 56.4. The summed E-state index contributed by atoms with van der Waals surface area (Å²) in [5.74, 6) is -2.10. The Labute approximate surface area is 538 Å². The lowest BCUT2D eigenvalue weighted by atomic mass is 9.76. The van der Waals surface area contributed by atoms with Gasteiger partial charge in [0.25, 0.3) is 34.4 Å². The fourth-order valence-corrected chi connectivity index (χ4v) is 13.7. The van der Waals surface area contributed by atoms with Crippen LogP contribution in [-0.2, 0) is 37.5 Å². The number of fused-ring (bicyclic) bond motifs is 4. The predicted octanol–water partition coefficient (Wildman–Crippen LogP) is 14.9. The Kier molecular flexibility index (Phi) is 18.9. The Bertz CT molecular complexity index is 3940. The Morgan fingerprint density at radius 1 is 0.689 bits per heavy atom. The number of nitrogens with two attached hydrogens (primary N) is 1. The summed E-state index contributed by atoms with van der Waals surface area (Å²) in [6, 6.07) is 54.3. The van der Waals surface area contributed by atoms with Crippen LogP contribution < -0.4 is 25.2 Å². The number of imide groups is 3. The Balaban J connectivity index is 1.05. The largest absolute Gasteiger partial charge is 0.541 e. The number of benzene rings is 7. The lowest BCUT2D eigenvalue weighted by Crippen LogP contribution is -2.58. The first-order valence-electron chi connectivity index (χ1n) is 30.5. The number of hydrogen-bond acceptors (Lipinski definition) is 10. The van der Waals surface area contributed by atoms with E-state index in [1.54, 1.807) is 24.8 Å². The van der Waals surface area contributed by atoms with Gasteiger partial charge in [-0.2, -0.15) is 0 Å². The van der Waals surface area contributed by atoms with Crippen LogP contribution in [0.4, 0.5) is 4.79 Å². The summed E-state index contributed by atoms with van der Waals surface area (Å²) in [5.41, 5.74) is 15.5. The Hall–Kier alpha value is -8.62. The third-order valence-corrected chi connectivity index (χ3v) is 27.3. The maximum Gasteiger partial charge on any atom is 0.407 e. The number of H-pyrrole nitrogens is 1. The summed E-state index contributed by atoms with van der Waals surface area (Å²) in [5, 5.41) is 6.57.